The lowest BCUT2D eigenvalue weighted by atomic mass is 9.88. The smallest absolute Gasteiger partial charge is 0.341 e. The second-order valence-corrected chi connectivity index (χ2v) is 10.4. The van der Waals surface area contributed by atoms with E-state index in [4.69, 9.17) is 4.74 Å². The summed E-state index contributed by atoms with van der Waals surface area (Å²) < 4.78 is 5.59. The molecule has 0 aromatic heterocycles. The molecular formula is C35H36N2O4. The molecule has 6 heteroatoms. The first-order chi connectivity index (χ1) is 20.1. The van der Waals surface area contributed by atoms with Gasteiger partial charge in [0.05, 0.1) is 23.4 Å². The number of nitrogens with zero attached hydrogens (tertiary/aromatic N) is 2. The lowest BCUT2D eigenvalue weighted by molar-refractivity contribution is 0.0499. The highest BCUT2D eigenvalue weighted by molar-refractivity contribution is 6.06. The summed E-state index contributed by atoms with van der Waals surface area (Å²) in [7, 11) is 0. The molecule has 0 saturated carbocycles. The Hall–Kier alpha value is -4.42. The molecule has 0 radical (unpaired) electrons. The number of carboxylic acids is 1. The quantitative estimate of drug-likeness (QED) is 0.228. The number of rotatable bonds is 11. The van der Waals surface area contributed by atoms with Crippen molar-refractivity contribution >= 4 is 17.6 Å². The highest BCUT2D eigenvalue weighted by Gasteiger charge is 2.27. The molecule has 1 N–H and O–H groups in total. The van der Waals surface area contributed by atoms with Crippen molar-refractivity contribution in [3.63, 3.8) is 0 Å². The van der Waals surface area contributed by atoms with E-state index in [1.165, 1.54) is 17.2 Å². The first-order valence-electron chi connectivity index (χ1n) is 14.2. The van der Waals surface area contributed by atoms with Crippen molar-refractivity contribution in [1.29, 1.82) is 0 Å². The van der Waals surface area contributed by atoms with Gasteiger partial charge in [-0.3, -0.25) is 4.90 Å². The van der Waals surface area contributed by atoms with Crippen LogP contribution < -0.4 is 4.90 Å². The number of carbonyl (C=O) groups excluding carboxylic acids is 1. The molecule has 0 bridgehead atoms. The predicted octanol–water partition coefficient (Wildman–Crippen LogP) is 6.13. The number of carboxylic acid groups (broad SMARTS) is 1. The molecule has 1 aliphatic heterocycles. The van der Waals surface area contributed by atoms with Crippen LogP contribution in [0.15, 0.2) is 109 Å². The molecular weight excluding hydrogens is 512 g/mol. The van der Waals surface area contributed by atoms with E-state index in [1.807, 2.05) is 36.4 Å². The molecule has 0 unspecified atom stereocenters. The number of carbonyl (C=O) groups is 2. The van der Waals surface area contributed by atoms with E-state index in [2.05, 4.69) is 70.5 Å². The second kappa shape index (κ2) is 13.8. The van der Waals surface area contributed by atoms with Gasteiger partial charge in [0.1, 0.15) is 0 Å². The molecule has 4 aromatic rings. The van der Waals surface area contributed by atoms with Gasteiger partial charge < -0.3 is 14.7 Å². The highest BCUT2D eigenvalue weighted by Crippen LogP contribution is 2.30. The Morgan fingerprint density at radius 1 is 0.732 bits per heavy atom. The molecule has 6 nitrogen and oxygen atoms in total. The first-order valence-corrected chi connectivity index (χ1v) is 14.2. The van der Waals surface area contributed by atoms with Gasteiger partial charge in [0, 0.05) is 38.5 Å². The van der Waals surface area contributed by atoms with Crippen LogP contribution in [0.1, 0.15) is 49.7 Å². The van der Waals surface area contributed by atoms with E-state index >= 15 is 0 Å². The summed E-state index contributed by atoms with van der Waals surface area (Å²) in [4.78, 5) is 29.8. The number of esters is 1. The van der Waals surface area contributed by atoms with E-state index in [0.29, 0.717) is 31.1 Å². The number of hydrogen-bond donors (Lipinski definition) is 1. The molecule has 210 valence electrons. The number of hydrogen-bond acceptors (Lipinski definition) is 5. The summed E-state index contributed by atoms with van der Waals surface area (Å²) >= 11 is 0. The average Bonchev–Trinajstić information content (AvgIpc) is 3.02. The molecule has 0 amide bonds. The zero-order valence-electron chi connectivity index (χ0n) is 23.2. The van der Waals surface area contributed by atoms with Crippen molar-refractivity contribution in [1.82, 2.24) is 4.90 Å². The third kappa shape index (κ3) is 7.21. The monoisotopic (exact) mass is 548 g/mol. The molecule has 0 aliphatic carbocycles. The van der Waals surface area contributed by atoms with Crippen LogP contribution in [0.2, 0.25) is 0 Å². The maximum Gasteiger partial charge on any atom is 0.341 e. The van der Waals surface area contributed by atoms with E-state index in [-0.39, 0.29) is 17.7 Å². The Kier molecular flexibility index (Phi) is 9.45. The normalized spacial score (nSPS) is 13.7. The molecule has 1 heterocycles. The van der Waals surface area contributed by atoms with Crippen molar-refractivity contribution < 1.29 is 19.4 Å². The van der Waals surface area contributed by atoms with E-state index in [0.717, 1.165) is 31.6 Å². The van der Waals surface area contributed by atoms with Crippen LogP contribution >= 0.6 is 0 Å². The largest absolute Gasteiger partial charge is 0.478 e. The van der Waals surface area contributed by atoms with E-state index < -0.39 is 11.9 Å². The third-order valence-corrected chi connectivity index (χ3v) is 7.79. The number of benzene rings is 4. The topological polar surface area (TPSA) is 70.1 Å². The van der Waals surface area contributed by atoms with Gasteiger partial charge in [0.15, 0.2) is 0 Å². The Morgan fingerprint density at radius 3 is 1.90 bits per heavy atom. The fourth-order valence-corrected chi connectivity index (χ4v) is 5.60. The van der Waals surface area contributed by atoms with Crippen LogP contribution in [0.3, 0.4) is 0 Å². The molecule has 4 aromatic carbocycles. The number of aromatic carboxylic acids is 1. The van der Waals surface area contributed by atoms with Crippen molar-refractivity contribution in [3.05, 3.63) is 137 Å². The fourth-order valence-electron chi connectivity index (χ4n) is 5.60. The van der Waals surface area contributed by atoms with Crippen molar-refractivity contribution in [2.45, 2.75) is 18.8 Å². The lowest BCUT2D eigenvalue weighted by Gasteiger charge is -2.37. The molecule has 1 saturated heterocycles. The molecule has 41 heavy (non-hydrogen) atoms. The average molecular weight is 549 g/mol. The standard InChI is InChI=1S/C35H36N2O4/c38-34(39)31-17-10-18-32(33(31)35(40)41-26-20-27-11-4-1-5-12-27)37-24-22-36(23-25-37)21-19-30(28-13-6-2-7-14-28)29-15-8-3-9-16-29/h1-18,30H,19-26H2,(H,38,39). The fraction of sp³-hybridized carbons (Fsp3) is 0.257. The number of anilines is 1. The predicted molar refractivity (Wildman–Crippen MR) is 162 cm³/mol. The van der Waals surface area contributed by atoms with E-state index in [9.17, 15) is 14.7 Å². The summed E-state index contributed by atoms with van der Waals surface area (Å²) in [5.41, 5.74) is 4.43. The minimum atomic E-state index is -1.13. The Bertz CT molecular complexity index is 1380. The minimum Gasteiger partial charge on any atom is -0.478 e. The van der Waals surface area contributed by atoms with Gasteiger partial charge in [-0.1, -0.05) is 97.1 Å². The molecule has 1 aliphatic rings. The lowest BCUT2D eigenvalue weighted by Crippen LogP contribution is -2.47. The van der Waals surface area contributed by atoms with E-state index in [1.54, 1.807) is 6.07 Å². The Labute approximate surface area is 241 Å². The maximum absolute atomic E-state index is 13.2. The van der Waals surface area contributed by atoms with Gasteiger partial charge in [-0.25, -0.2) is 9.59 Å². The third-order valence-electron chi connectivity index (χ3n) is 7.79. The highest BCUT2D eigenvalue weighted by atomic mass is 16.5. The van der Waals surface area contributed by atoms with Gasteiger partial charge >= 0.3 is 11.9 Å². The van der Waals surface area contributed by atoms with Crippen LogP contribution in [0.4, 0.5) is 5.69 Å². The maximum atomic E-state index is 13.2. The minimum absolute atomic E-state index is 0.0248. The molecule has 1 fully saturated rings. The van der Waals surface area contributed by atoms with Crippen molar-refractivity contribution in [2.24, 2.45) is 0 Å². The summed E-state index contributed by atoms with van der Waals surface area (Å²) in [5.74, 6) is -1.40. The number of piperazine rings is 1. The molecule has 0 spiro atoms. The molecule has 0 atom stereocenters. The summed E-state index contributed by atoms with van der Waals surface area (Å²) in [6.45, 7) is 4.20. The van der Waals surface area contributed by atoms with Crippen LogP contribution in [0.25, 0.3) is 0 Å². The summed E-state index contributed by atoms with van der Waals surface area (Å²) in [6.07, 6.45) is 1.57. The van der Waals surface area contributed by atoms with Gasteiger partial charge in [-0.2, -0.15) is 0 Å². The zero-order valence-corrected chi connectivity index (χ0v) is 23.2. The van der Waals surface area contributed by atoms with Crippen LogP contribution in [0.5, 0.6) is 0 Å². The second-order valence-electron chi connectivity index (χ2n) is 10.4. The Morgan fingerprint density at radius 2 is 1.32 bits per heavy atom. The van der Waals surface area contributed by atoms with Crippen molar-refractivity contribution in [2.75, 3.05) is 44.2 Å². The summed E-state index contributed by atoms with van der Waals surface area (Å²) in [6, 6.07) is 36.1. The van der Waals surface area contributed by atoms with Gasteiger partial charge in [0.2, 0.25) is 0 Å². The van der Waals surface area contributed by atoms with Crippen LogP contribution in [-0.4, -0.2) is 61.3 Å². The van der Waals surface area contributed by atoms with Crippen LogP contribution in [-0.2, 0) is 11.2 Å². The number of ether oxygens (including phenoxy) is 1. The van der Waals surface area contributed by atoms with Gasteiger partial charge in [-0.15, -0.1) is 0 Å². The summed E-state index contributed by atoms with van der Waals surface area (Å²) in [5, 5.41) is 9.86. The van der Waals surface area contributed by atoms with Gasteiger partial charge in [-0.05, 0) is 41.8 Å². The van der Waals surface area contributed by atoms with Gasteiger partial charge in [0.25, 0.3) is 0 Å². The van der Waals surface area contributed by atoms with Crippen molar-refractivity contribution in [3.8, 4) is 0 Å². The first kappa shape index (κ1) is 28.1. The molecule has 5 rings (SSSR count). The van der Waals surface area contributed by atoms with Crippen LogP contribution in [0, 0.1) is 0 Å². The SMILES string of the molecule is O=C(O)c1cccc(N2CCN(CCC(c3ccccc3)c3ccccc3)CC2)c1C(=O)OCCc1ccccc1. The Balaban J connectivity index is 1.23. The zero-order chi connectivity index (χ0) is 28.4.